The van der Waals surface area contributed by atoms with Crippen molar-refractivity contribution >= 4 is 34.7 Å². The van der Waals surface area contributed by atoms with Gasteiger partial charge in [-0.1, -0.05) is 6.58 Å². The quantitative estimate of drug-likeness (QED) is 0.381. The summed E-state index contributed by atoms with van der Waals surface area (Å²) in [7, 11) is 1.79. The number of halogens is 1. The summed E-state index contributed by atoms with van der Waals surface area (Å²) >= 11 is 0. The van der Waals surface area contributed by atoms with Crippen LogP contribution in [0.1, 0.15) is 0 Å². The first-order valence-corrected chi connectivity index (χ1v) is 9.40. The van der Waals surface area contributed by atoms with Gasteiger partial charge in [0.05, 0.1) is 17.6 Å². The van der Waals surface area contributed by atoms with E-state index in [2.05, 4.69) is 47.6 Å². The Morgan fingerprint density at radius 1 is 1.12 bits per heavy atom. The minimum absolute atomic E-state index is 0.107. The van der Waals surface area contributed by atoms with Gasteiger partial charge in [0.2, 0.25) is 11.9 Å². The van der Waals surface area contributed by atoms with Crippen molar-refractivity contribution in [1.82, 2.24) is 29.7 Å². The lowest BCUT2D eigenvalue weighted by molar-refractivity contribution is -0.111. The van der Waals surface area contributed by atoms with Crippen molar-refractivity contribution in [1.29, 1.82) is 0 Å². The molecule has 4 rings (SSSR count). The zero-order valence-electron chi connectivity index (χ0n) is 17.0. The highest BCUT2D eigenvalue weighted by molar-refractivity contribution is 5.99. The molecule has 0 saturated heterocycles. The molecule has 32 heavy (non-hydrogen) atoms. The van der Waals surface area contributed by atoms with Gasteiger partial charge in [-0.25, -0.2) is 19.3 Å². The molecule has 160 valence electrons. The SMILES string of the molecule is C=CC(=O)Nc1ccc(F)c(Nc2nc(Nc3cnn(C)c3)ncc2-c2cncnc2)c1. The number of aryl methyl sites for hydroxylation is 1. The number of carbonyl (C=O) groups is 1. The minimum Gasteiger partial charge on any atom is -0.337 e. The molecule has 10 nitrogen and oxygen atoms in total. The van der Waals surface area contributed by atoms with E-state index in [1.165, 1.54) is 24.5 Å². The number of amides is 1. The van der Waals surface area contributed by atoms with Crippen LogP contribution in [0.5, 0.6) is 0 Å². The molecule has 3 aromatic heterocycles. The highest BCUT2D eigenvalue weighted by Crippen LogP contribution is 2.31. The number of aromatic nitrogens is 6. The maximum Gasteiger partial charge on any atom is 0.247 e. The second-order valence-corrected chi connectivity index (χ2v) is 6.62. The first-order chi connectivity index (χ1) is 15.5. The number of nitrogens with one attached hydrogen (secondary N) is 3. The van der Waals surface area contributed by atoms with E-state index in [4.69, 9.17) is 0 Å². The summed E-state index contributed by atoms with van der Waals surface area (Å²) < 4.78 is 16.2. The molecule has 11 heteroatoms. The Balaban J connectivity index is 1.72. The number of hydrogen-bond acceptors (Lipinski definition) is 8. The smallest absolute Gasteiger partial charge is 0.247 e. The van der Waals surface area contributed by atoms with Crippen molar-refractivity contribution in [3.05, 3.63) is 74.0 Å². The molecule has 0 unspecified atom stereocenters. The average molecular weight is 431 g/mol. The number of nitrogens with zero attached hydrogens (tertiary/aromatic N) is 6. The van der Waals surface area contributed by atoms with E-state index >= 15 is 0 Å². The lowest BCUT2D eigenvalue weighted by Gasteiger charge is -2.14. The Kier molecular flexibility index (Phi) is 5.79. The predicted molar refractivity (Wildman–Crippen MR) is 118 cm³/mol. The second-order valence-electron chi connectivity index (χ2n) is 6.62. The fourth-order valence-corrected chi connectivity index (χ4v) is 2.82. The van der Waals surface area contributed by atoms with Gasteiger partial charge in [0.1, 0.15) is 18.0 Å². The van der Waals surface area contributed by atoms with Crippen molar-refractivity contribution in [2.45, 2.75) is 0 Å². The van der Waals surface area contributed by atoms with E-state index in [0.29, 0.717) is 28.3 Å². The van der Waals surface area contributed by atoms with Crippen LogP contribution in [0.3, 0.4) is 0 Å². The van der Waals surface area contributed by atoms with Crippen LogP contribution in [-0.4, -0.2) is 35.6 Å². The van der Waals surface area contributed by atoms with Crippen LogP contribution in [0, 0.1) is 5.82 Å². The molecule has 1 aromatic carbocycles. The fourth-order valence-electron chi connectivity index (χ4n) is 2.82. The van der Waals surface area contributed by atoms with Gasteiger partial charge < -0.3 is 16.0 Å². The van der Waals surface area contributed by atoms with Crippen LogP contribution in [0.25, 0.3) is 11.1 Å². The zero-order valence-corrected chi connectivity index (χ0v) is 17.0. The van der Waals surface area contributed by atoms with Gasteiger partial charge >= 0.3 is 0 Å². The largest absolute Gasteiger partial charge is 0.337 e. The first kappa shape index (κ1) is 20.6. The lowest BCUT2D eigenvalue weighted by Crippen LogP contribution is -2.08. The molecule has 0 bridgehead atoms. The number of hydrogen-bond donors (Lipinski definition) is 3. The van der Waals surface area contributed by atoms with Crippen LogP contribution in [0.15, 0.2) is 68.2 Å². The Labute approximate surface area is 182 Å². The summed E-state index contributed by atoms with van der Waals surface area (Å²) in [6.07, 6.45) is 10.7. The van der Waals surface area contributed by atoms with Crippen molar-refractivity contribution in [3.8, 4) is 11.1 Å². The molecule has 1 amide bonds. The van der Waals surface area contributed by atoms with E-state index in [1.807, 2.05) is 0 Å². The van der Waals surface area contributed by atoms with Gasteiger partial charge in [0.15, 0.2) is 0 Å². The Morgan fingerprint density at radius 2 is 1.94 bits per heavy atom. The molecule has 3 heterocycles. The highest BCUT2D eigenvalue weighted by atomic mass is 19.1. The van der Waals surface area contributed by atoms with E-state index in [1.54, 1.807) is 42.7 Å². The van der Waals surface area contributed by atoms with E-state index in [0.717, 1.165) is 6.08 Å². The Bertz CT molecular complexity index is 1270. The van der Waals surface area contributed by atoms with Crippen LogP contribution in [0.4, 0.5) is 33.2 Å². The maximum atomic E-state index is 14.6. The average Bonchev–Trinajstić information content (AvgIpc) is 3.21. The lowest BCUT2D eigenvalue weighted by atomic mass is 10.1. The number of rotatable bonds is 7. The third kappa shape index (κ3) is 4.73. The fraction of sp³-hybridized carbons (Fsp3) is 0.0476. The summed E-state index contributed by atoms with van der Waals surface area (Å²) in [5, 5.41) is 12.7. The molecule has 0 spiro atoms. The van der Waals surface area contributed by atoms with Gasteiger partial charge in [-0.3, -0.25) is 9.48 Å². The third-order valence-electron chi connectivity index (χ3n) is 4.29. The molecule has 0 aliphatic heterocycles. The van der Waals surface area contributed by atoms with Crippen molar-refractivity contribution in [2.75, 3.05) is 16.0 Å². The minimum atomic E-state index is -0.530. The third-order valence-corrected chi connectivity index (χ3v) is 4.29. The van der Waals surface area contributed by atoms with E-state index in [9.17, 15) is 9.18 Å². The van der Waals surface area contributed by atoms with E-state index < -0.39 is 11.7 Å². The van der Waals surface area contributed by atoms with E-state index in [-0.39, 0.29) is 11.6 Å². The van der Waals surface area contributed by atoms with Crippen molar-refractivity contribution in [2.24, 2.45) is 7.05 Å². The molecule has 0 radical (unpaired) electrons. The maximum absolute atomic E-state index is 14.6. The van der Waals surface area contributed by atoms with Crippen LogP contribution in [-0.2, 0) is 11.8 Å². The molecule has 0 fully saturated rings. The van der Waals surface area contributed by atoms with Crippen LogP contribution in [0.2, 0.25) is 0 Å². The summed E-state index contributed by atoms with van der Waals surface area (Å²) in [6.45, 7) is 3.41. The molecule has 0 aliphatic carbocycles. The topological polar surface area (TPSA) is 123 Å². The molecule has 0 aliphatic rings. The summed E-state index contributed by atoms with van der Waals surface area (Å²) in [5.74, 6) is -0.350. The summed E-state index contributed by atoms with van der Waals surface area (Å²) in [4.78, 5) is 28.5. The molecule has 4 aromatic rings. The van der Waals surface area contributed by atoms with Gasteiger partial charge in [-0.05, 0) is 24.3 Å². The molecule has 3 N–H and O–H groups in total. The zero-order chi connectivity index (χ0) is 22.5. The van der Waals surface area contributed by atoms with Crippen molar-refractivity contribution < 1.29 is 9.18 Å². The normalized spacial score (nSPS) is 10.4. The predicted octanol–water partition coefficient (Wildman–Crippen LogP) is 3.42. The number of benzene rings is 1. The molecular formula is C21H18FN9O. The standard InChI is InChI=1S/C21H18FN9O/c1-3-19(32)27-14-4-5-17(22)18(6-14)29-20-16(13-7-23-12-24-8-13)10-25-21(30-20)28-15-9-26-31(2)11-15/h3-12H,1H2,2H3,(H,27,32)(H2,25,28,29,30). The first-order valence-electron chi connectivity index (χ1n) is 9.40. The summed E-state index contributed by atoms with van der Waals surface area (Å²) in [6, 6.07) is 4.14. The second kappa shape index (κ2) is 9.00. The molecular weight excluding hydrogens is 413 g/mol. The number of carbonyl (C=O) groups excluding carboxylic acids is 1. The van der Waals surface area contributed by atoms with Crippen molar-refractivity contribution in [3.63, 3.8) is 0 Å². The van der Waals surface area contributed by atoms with Gasteiger partial charge in [0, 0.05) is 48.6 Å². The monoisotopic (exact) mass is 431 g/mol. The van der Waals surface area contributed by atoms with Crippen LogP contribution >= 0.6 is 0 Å². The Hall–Kier alpha value is -4.67. The van der Waals surface area contributed by atoms with Gasteiger partial charge in [-0.15, -0.1) is 0 Å². The Morgan fingerprint density at radius 3 is 2.66 bits per heavy atom. The van der Waals surface area contributed by atoms with Gasteiger partial charge in [-0.2, -0.15) is 10.1 Å². The highest BCUT2D eigenvalue weighted by Gasteiger charge is 2.14. The summed E-state index contributed by atoms with van der Waals surface area (Å²) in [5.41, 5.74) is 2.39. The molecule has 0 saturated carbocycles. The van der Waals surface area contributed by atoms with Crippen LogP contribution < -0.4 is 16.0 Å². The molecule has 0 atom stereocenters. The number of anilines is 5. The van der Waals surface area contributed by atoms with Gasteiger partial charge in [0.25, 0.3) is 0 Å².